The summed E-state index contributed by atoms with van der Waals surface area (Å²) in [7, 11) is -5.52. The summed E-state index contributed by atoms with van der Waals surface area (Å²) in [5, 5.41) is 0.503. The first-order valence-corrected chi connectivity index (χ1v) is 11.6. The van der Waals surface area contributed by atoms with Crippen LogP contribution in [0.15, 0.2) is 60.0 Å². The van der Waals surface area contributed by atoms with E-state index in [2.05, 4.69) is 15.0 Å². The summed E-state index contributed by atoms with van der Waals surface area (Å²) in [5.41, 5.74) is 0.856. The highest BCUT2D eigenvalue weighted by atomic mass is 32.2. The van der Waals surface area contributed by atoms with Gasteiger partial charge in [0.05, 0.1) is 17.0 Å². The molecule has 0 spiro atoms. The number of nitrogens with zero attached hydrogens (tertiary/aromatic N) is 4. The van der Waals surface area contributed by atoms with Crippen LogP contribution in [0.1, 0.15) is 19.2 Å². The molecule has 0 amide bonds. The Morgan fingerprint density at radius 3 is 2.83 bits per heavy atom. The number of allylic oxidation sites excluding steroid dienone is 3. The minimum Gasteiger partial charge on any atom is -0.253 e. The lowest BCUT2D eigenvalue weighted by Gasteiger charge is -2.29. The predicted molar refractivity (Wildman–Crippen MR) is 109 cm³/mol. The molecule has 4 rings (SSSR count). The molecule has 3 aromatic heterocycles. The molecule has 1 aliphatic rings. The molecular weight excluding hydrogens is 415 g/mol. The van der Waals surface area contributed by atoms with Crippen molar-refractivity contribution < 1.29 is 17.0 Å². The normalized spacial score (nSPS) is 20.6. The minimum atomic E-state index is -3.88. The maximum atomic E-state index is 13.8. The Kier molecular flexibility index (Phi) is 4.70. The van der Waals surface area contributed by atoms with Gasteiger partial charge in [0.2, 0.25) is 10.0 Å². The average Bonchev–Trinajstić information content (AvgIpc) is 3.13. The molecule has 0 saturated carbocycles. The van der Waals surface area contributed by atoms with Crippen LogP contribution in [0.3, 0.4) is 0 Å². The fraction of sp³-hybridized carbons (Fsp3) is 0.211. The molecule has 1 aliphatic carbocycles. The molecular formula is C19H17FN4O3S2. The van der Waals surface area contributed by atoms with Crippen LogP contribution in [0.2, 0.25) is 0 Å². The summed E-state index contributed by atoms with van der Waals surface area (Å²) in [4.78, 5) is 12.2. The second-order valence-corrected chi connectivity index (χ2v) is 10.4. The van der Waals surface area contributed by atoms with Crippen LogP contribution in [-0.4, -0.2) is 42.6 Å². The minimum absolute atomic E-state index is 0.0692. The van der Waals surface area contributed by atoms with Crippen LogP contribution in [0, 0.1) is 5.82 Å². The van der Waals surface area contributed by atoms with Gasteiger partial charge in [-0.1, -0.05) is 18.2 Å². The van der Waals surface area contributed by atoms with Crippen LogP contribution in [0.4, 0.5) is 4.39 Å². The SMILES string of the molecule is CS(=O)c1nc(C2=CC=CC(C)(S(=O)(=O)n3ccc4cccnc43)C2)ncc1F. The lowest BCUT2D eigenvalue weighted by Crippen LogP contribution is -2.38. The van der Waals surface area contributed by atoms with Crippen molar-refractivity contribution in [1.82, 2.24) is 18.9 Å². The van der Waals surface area contributed by atoms with E-state index in [1.807, 2.05) is 0 Å². The first-order valence-electron chi connectivity index (χ1n) is 8.65. The lowest BCUT2D eigenvalue weighted by atomic mass is 9.94. The summed E-state index contributed by atoms with van der Waals surface area (Å²) in [5.74, 6) is -0.611. The Morgan fingerprint density at radius 2 is 2.07 bits per heavy atom. The van der Waals surface area contributed by atoms with E-state index >= 15 is 0 Å². The monoisotopic (exact) mass is 432 g/mol. The number of pyridine rings is 1. The number of halogens is 1. The molecule has 0 bridgehead atoms. The van der Waals surface area contributed by atoms with Crippen molar-refractivity contribution in [3.8, 4) is 0 Å². The second-order valence-electron chi connectivity index (χ2n) is 6.87. The van der Waals surface area contributed by atoms with Crippen LogP contribution < -0.4 is 0 Å². The van der Waals surface area contributed by atoms with E-state index in [0.29, 0.717) is 16.6 Å². The number of hydrogen-bond acceptors (Lipinski definition) is 6. The van der Waals surface area contributed by atoms with Crippen molar-refractivity contribution in [3.63, 3.8) is 0 Å². The Balaban J connectivity index is 1.75. The maximum Gasteiger partial charge on any atom is 0.249 e. The van der Waals surface area contributed by atoms with E-state index in [-0.39, 0.29) is 17.3 Å². The highest BCUT2D eigenvalue weighted by molar-refractivity contribution is 7.91. The molecule has 29 heavy (non-hydrogen) atoms. The van der Waals surface area contributed by atoms with Gasteiger partial charge in [0, 0.05) is 30.5 Å². The third-order valence-electron chi connectivity index (χ3n) is 4.82. The third kappa shape index (κ3) is 3.22. The van der Waals surface area contributed by atoms with Gasteiger partial charge in [-0.2, -0.15) is 0 Å². The van der Waals surface area contributed by atoms with Crippen LogP contribution in [0.5, 0.6) is 0 Å². The molecule has 150 valence electrons. The number of hydrogen-bond donors (Lipinski definition) is 0. The largest absolute Gasteiger partial charge is 0.253 e. The molecule has 0 aromatic carbocycles. The summed E-state index contributed by atoms with van der Waals surface area (Å²) in [6, 6.07) is 5.22. The molecule has 0 fully saturated rings. The second kappa shape index (κ2) is 6.96. The van der Waals surface area contributed by atoms with E-state index in [1.54, 1.807) is 43.4 Å². The number of aromatic nitrogens is 4. The zero-order valence-corrected chi connectivity index (χ0v) is 17.2. The van der Waals surface area contributed by atoms with Gasteiger partial charge in [-0.05, 0) is 30.7 Å². The van der Waals surface area contributed by atoms with Gasteiger partial charge in [0.15, 0.2) is 22.3 Å². The topological polar surface area (TPSA) is 94.8 Å². The van der Waals surface area contributed by atoms with Gasteiger partial charge in [0.1, 0.15) is 4.75 Å². The molecule has 3 heterocycles. The highest BCUT2D eigenvalue weighted by Gasteiger charge is 2.41. The molecule has 0 aliphatic heterocycles. The van der Waals surface area contributed by atoms with E-state index in [0.717, 1.165) is 6.20 Å². The third-order valence-corrected chi connectivity index (χ3v) is 7.92. The quantitative estimate of drug-likeness (QED) is 0.589. The Bertz CT molecular complexity index is 1310. The molecule has 10 heteroatoms. The van der Waals surface area contributed by atoms with E-state index < -0.39 is 31.4 Å². The number of rotatable bonds is 4. The van der Waals surface area contributed by atoms with Crippen molar-refractivity contribution in [2.24, 2.45) is 0 Å². The Morgan fingerprint density at radius 1 is 1.28 bits per heavy atom. The standard InChI is InChI=1S/C19H17FN4O3S2/c1-19(29(26,27)24-10-7-13-6-4-9-21-17(13)24)8-3-5-14(11-19)16-22-12-15(20)18(23-16)28(2)25/h3-10,12H,11H2,1-2H3. The van der Waals surface area contributed by atoms with E-state index in [9.17, 15) is 17.0 Å². The van der Waals surface area contributed by atoms with Crippen LogP contribution in [-0.2, 0) is 20.8 Å². The van der Waals surface area contributed by atoms with E-state index in [1.165, 1.54) is 22.6 Å². The fourth-order valence-corrected chi connectivity index (χ4v) is 5.44. The van der Waals surface area contributed by atoms with E-state index in [4.69, 9.17) is 0 Å². The van der Waals surface area contributed by atoms with Crippen molar-refractivity contribution >= 4 is 37.4 Å². The number of fused-ring (bicyclic) bond motifs is 1. The first-order chi connectivity index (χ1) is 13.7. The summed E-state index contributed by atoms with van der Waals surface area (Å²) < 4.78 is 52.4. The van der Waals surface area contributed by atoms with Crippen LogP contribution in [0.25, 0.3) is 16.6 Å². The van der Waals surface area contributed by atoms with Gasteiger partial charge in [-0.15, -0.1) is 0 Å². The predicted octanol–water partition coefficient (Wildman–Crippen LogP) is 2.68. The summed E-state index contributed by atoms with van der Waals surface area (Å²) >= 11 is 0. The molecule has 2 unspecified atom stereocenters. The maximum absolute atomic E-state index is 13.8. The molecule has 7 nitrogen and oxygen atoms in total. The molecule has 0 N–H and O–H groups in total. The highest BCUT2D eigenvalue weighted by Crippen LogP contribution is 2.36. The van der Waals surface area contributed by atoms with Gasteiger partial charge in [-0.25, -0.2) is 31.7 Å². The zero-order valence-electron chi connectivity index (χ0n) is 15.6. The molecule has 0 radical (unpaired) electrons. The molecule has 2 atom stereocenters. The molecule has 0 saturated heterocycles. The smallest absolute Gasteiger partial charge is 0.249 e. The average molecular weight is 433 g/mol. The van der Waals surface area contributed by atoms with Crippen molar-refractivity contribution in [2.45, 2.75) is 23.1 Å². The fourth-order valence-electron chi connectivity index (χ4n) is 3.26. The van der Waals surface area contributed by atoms with Gasteiger partial charge in [-0.3, -0.25) is 4.21 Å². The summed E-state index contributed by atoms with van der Waals surface area (Å²) in [6.45, 7) is 1.60. The zero-order chi connectivity index (χ0) is 20.8. The van der Waals surface area contributed by atoms with Crippen LogP contribution >= 0.6 is 0 Å². The first kappa shape index (κ1) is 19.6. The lowest BCUT2D eigenvalue weighted by molar-refractivity contribution is 0.554. The van der Waals surface area contributed by atoms with Gasteiger partial charge in [0.25, 0.3) is 0 Å². The summed E-state index contributed by atoms with van der Waals surface area (Å²) in [6.07, 6.45) is 10.3. The Hall–Kier alpha value is -2.72. The van der Waals surface area contributed by atoms with Crippen molar-refractivity contribution in [1.29, 1.82) is 0 Å². The van der Waals surface area contributed by atoms with Crippen molar-refractivity contribution in [3.05, 3.63) is 66.7 Å². The van der Waals surface area contributed by atoms with Crippen molar-refractivity contribution in [2.75, 3.05) is 6.26 Å². The van der Waals surface area contributed by atoms with Gasteiger partial charge >= 0.3 is 0 Å². The van der Waals surface area contributed by atoms with Gasteiger partial charge < -0.3 is 0 Å². The molecule has 3 aromatic rings. The Labute approximate surface area is 169 Å².